The maximum atomic E-state index is 11.2. The van der Waals surface area contributed by atoms with Gasteiger partial charge in [-0.3, -0.25) is 4.79 Å². The van der Waals surface area contributed by atoms with Crippen LogP contribution in [-0.2, 0) is 4.79 Å². The van der Waals surface area contributed by atoms with Gasteiger partial charge in [-0.05, 0) is 25.3 Å². The van der Waals surface area contributed by atoms with Crippen LogP contribution in [0.3, 0.4) is 0 Å². The first kappa shape index (κ1) is 7.52. The van der Waals surface area contributed by atoms with Crippen molar-refractivity contribution in [3.63, 3.8) is 0 Å². The van der Waals surface area contributed by atoms with Crippen molar-refractivity contribution >= 4 is 5.78 Å². The minimum absolute atomic E-state index is 0.324. The first-order chi connectivity index (χ1) is 4.75. The monoisotopic (exact) mass is 138 g/mol. The smallest absolute Gasteiger partial charge is 0.161 e. The highest BCUT2D eigenvalue weighted by molar-refractivity contribution is 5.98. The molecule has 1 nitrogen and oxygen atoms in total. The maximum absolute atomic E-state index is 11.2. The van der Waals surface area contributed by atoms with E-state index < -0.39 is 0 Å². The number of carbonyl (C=O) groups is 1. The largest absolute Gasteiger partial charge is 0.294 e. The molecule has 0 aromatic carbocycles. The van der Waals surface area contributed by atoms with Crippen molar-refractivity contribution < 1.29 is 4.79 Å². The van der Waals surface area contributed by atoms with E-state index in [0.717, 1.165) is 24.8 Å². The van der Waals surface area contributed by atoms with Gasteiger partial charge in [0.15, 0.2) is 5.78 Å². The summed E-state index contributed by atoms with van der Waals surface area (Å²) in [5, 5.41) is 0. The van der Waals surface area contributed by atoms with Gasteiger partial charge in [0.05, 0.1) is 0 Å². The molecule has 1 atom stereocenters. The summed E-state index contributed by atoms with van der Waals surface area (Å²) in [6, 6.07) is 0. The predicted molar refractivity (Wildman–Crippen MR) is 41.8 cm³/mol. The van der Waals surface area contributed by atoms with Gasteiger partial charge in [0.1, 0.15) is 0 Å². The van der Waals surface area contributed by atoms with Crippen molar-refractivity contribution in [1.82, 2.24) is 0 Å². The fraction of sp³-hybridized carbons (Fsp3) is 0.667. The Hall–Kier alpha value is -0.590. The Labute approximate surface area is 62.1 Å². The summed E-state index contributed by atoms with van der Waals surface area (Å²) in [6.07, 6.45) is 5.23. The Bertz CT molecular complexity index is 168. The molecule has 56 valence electrons. The van der Waals surface area contributed by atoms with Gasteiger partial charge in [-0.25, -0.2) is 0 Å². The molecular weight excluding hydrogens is 124 g/mol. The minimum Gasteiger partial charge on any atom is -0.294 e. The van der Waals surface area contributed by atoms with E-state index in [9.17, 15) is 4.79 Å². The molecule has 1 aliphatic rings. The van der Waals surface area contributed by atoms with Crippen LogP contribution in [0.1, 0.15) is 33.1 Å². The number of hydrogen-bond acceptors (Lipinski definition) is 1. The summed E-state index contributed by atoms with van der Waals surface area (Å²) >= 11 is 0. The Morgan fingerprint density at radius 1 is 1.70 bits per heavy atom. The maximum Gasteiger partial charge on any atom is 0.161 e. The molecule has 0 radical (unpaired) electrons. The third-order valence-electron chi connectivity index (χ3n) is 2.11. The minimum atomic E-state index is 0.324. The number of Topliss-reactive ketones (excluding diaryl/α,β-unsaturated/α-hetero) is 1. The number of allylic oxidation sites excluding steroid dienone is 2. The number of hydrogen-bond donors (Lipinski definition) is 0. The molecule has 0 saturated heterocycles. The first-order valence-corrected chi connectivity index (χ1v) is 3.96. The lowest BCUT2D eigenvalue weighted by molar-refractivity contribution is -0.118. The van der Waals surface area contributed by atoms with E-state index in [1.165, 1.54) is 0 Å². The van der Waals surface area contributed by atoms with E-state index in [2.05, 4.69) is 13.0 Å². The first-order valence-electron chi connectivity index (χ1n) is 3.96. The van der Waals surface area contributed by atoms with Crippen molar-refractivity contribution in [2.24, 2.45) is 5.92 Å². The third kappa shape index (κ3) is 1.28. The Morgan fingerprint density at radius 2 is 2.40 bits per heavy atom. The second-order valence-corrected chi connectivity index (χ2v) is 2.97. The van der Waals surface area contributed by atoms with Crippen LogP contribution in [0.2, 0.25) is 0 Å². The lowest BCUT2D eigenvalue weighted by atomic mass is 9.99. The normalized spacial score (nSPS) is 25.2. The third-order valence-corrected chi connectivity index (χ3v) is 2.11. The van der Waals surface area contributed by atoms with Crippen LogP contribution >= 0.6 is 0 Å². The average Bonchev–Trinajstić information content (AvgIpc) is 2.20. The second kappa shape index (κ2) is 3.00. The van der Waals surface area contributed by atoms with Crippen LogP contribution in [-0.4, -0.2) is 5.78 Å². The molecule has 0 spiro atoms. The quantitative estimate of drug-likeness (QED) is 0.572. The Morgan fingerprint density at radius 3 is 2.80 bits per heavy atom. The molecule has 0 N–H and O–H groups in total. The Kier molecular flexibility index (Phi) is 2.25. The molecule has 1 rings (SSSR count). The van der Waals surface area contributed by atoms with Gasteiger partial charge in [0, 0.05) is 5.92 Å². The highest BCUT2D eigenvalue weighted by Gasteiger charge is 2.22. The molecule has 1 unspecified atom stereocenters. The topological polar surface area (TPSA) is 17.1 Å². The zero-order chi connectivity index (χ0) is 7.56. The fourth-order valence-electron chi connectivity index (χ4n) is 1.45. The van der Waals surface area contributed by atoms with Crippen LogP contribution in [0.25, 0.3) is 0 Å². The van der Waals surface area contributed by atoms with Gasteiger partial charge in [0.2, 0.25) is 0 Å². The van der Waals surface area contributed by atoms with Crippen molar-refractivity contribution in [1.29, 1.82) is 0 Å². The summed E-state index contributed by atoms with van der Waals surface area (Å²) in [5.41, 5.74) is 0.971. The molecule has 0 aromatic heterocycles. The van der Waals surface area contributed by atoms with E-state index in [4.69, 9.17) is 0 Å². The van der Waals surface area contributed by atoms with Crippen molar-refractivity contribution in [2.45, 2.75) is 33.1 Å². The number of ketones is 1. The molecule has 0 aliphatic heterocycles. The highest BCUT2D eigenvalue weighted by Crippen LogP contribution is 2.24. The molecule has 0 saturated carbocycles. The summed E-state index contributed by atoms with van der Waals surface area (Å²) < 4.78 is 0. The molecule has 1 heteroatoms. The van der Waals surface area contributed by atoms with E-state index in [0.29, 0.717) is 11.7 Å². The second-order valence-electron chi connectivity index (χ2n) is 2.97. The SMILES string of the molecule is CCCC1CC=C(C)C1=O. The van der Waals surface area contributed by atoms with Crippen molar-refractivity contribution in [3.8, 4) is 0 Å². The number of rotatable bonds is 2. The molecule has 0 bridgehead atoms. The van der Waals surface area contributed by atoms with Gasteiger partial charge in [-0.2, -0.15) is 0 Å². The lowest BCUT2D eigenvalue weighted by Gasteiger charge is -2.04. The van der Waals surface area contributed by atoms with E-state index in [1.54, 1.807) is 0 Å². The van der Waals surface area contributed by atoms with Gasteiger partial charge in [-0.1, -0.05) is 19.4 Å². The summed E-state index contributed by atoms with van der Waals surface area (Å²) in [6.45, 7) is 4.04. The molecule has 0 aromatic rings. The summed E-state index contributed by atoms with van der Waals surface area (Å²) in [4.78, 5) is 11.2. The zero-order valence-corrected chi connectivity index (χ0v) is 6.68. The predicted octanol–water partition coefficient (Wildman–Crippen LogP) is 2.32. The van der Waals surface area contributed by atoms with Crippen LogP contribution < -0.4 is 0 Å². The zero-order valence-electron chi connectivity index (χ0n) is 6.68. The summed E-state index contributed by atoms with van der Waals surface area (Å²) in [7, 11) is 0. The van der Waals surface area contributed by atoms with Crippen LogP contribution in [0.4, 0.5) is 0 Å². The standard InChI is InChI=1S/C9H14O/c1-3-4-8-6-5-7(2)9(8)10/h5,8H,3-4,6H2,1-2H3. The lowest BCUT2D eigenvalue weighted by Crippen LogP contribution is -2.08. The van der Waals surface area contributed by atoms with Crippen LogP contribution in [0.15, 0.2) is 11.6 Å². The molecule has 0 heterocycles. The van der Waals surface area contributed by atoms with Crippen LogP contribution in [0.5, 0.6) is 0 Å². The summed E-state index contributed by atoms with van der Waals surface area (Å²) in [5.74, 6) is 0.701. The highest BCUT2D eigenvalue weighted by atomic mass is 16.1. The molecular formula is C9H14O. The molecule has 1 aliphatic carbocycles. The number of carbonyl (C=O) groups excluding carboxylic acids is 1. The van der Waals surface area contributed by atoms with Gasteiger partial charge in [0.25, 0.3) is 0 Å². The van der Waals surface area contributed by atoms with Gasteiger partial charge < -0.3 is 0 Å². The van der Waals surface area contributed by atoms with E-state index in [-0.39, 0.29) is 0 Å². The van der Waals surface area contributed by atoms with Gasteiger partial charge in [-0.15, -0.1) is 0 Å². The van der Waals surface area contributed by atoms with Crippen molar-refractivity contribution in [2.75, 3.05) is 0 Å². The van der Waals surface area contributed by atoms with Crippen molar-refractivity contribution in [3.05, 3.63) is 11.6 Å². The van der Waals surface area contributed by atoms with E-state index >= 15 is 0 Å². The molecule has 10 heavy (non-hydrogen) atoms. The Balaban J connectivity index is 2.48. The van der Waals surface area contributed by atoms with E-state index in [1.807, 2.05) is 6.92 Å². The molecule has 0 fully saturated rings. The average molecular weight is 138 g/mol. The molecule has 0 amide bonds. The fourth-order valence-corrected chi connectivity index (χ4v) is 1.45. The van der Waals surface area contributed by atoms with Crippen LogP contribution in [0, 0.1) is 5.92 Å². The van der Waals surface area contributed by atoms with Gasteiger partial charge >= 0.3 is 0 Å².